The first-order valence-electron chi connectivity index (χ1n) is 6.76. The Hall–Kier alpha value is -2.82. The van der Waals surface area contributed by atoms with E-state index in [0.29, 0.717) is 11.5 Å². The molecule has 0 aliphatic heterocycles. The van der Waals surface area contributed by atoms with Gasteiger partial charge in [0.15, 0.2) is 11.5 Å². The van der Waals surface area contributed by atoms with Crippen LogP contribution in [0.15, 0.2) is 42.6 Å². The quantitative estimate of drug-likeness (QED) is 0.862. The fourth-order valence-electron chi connectivity index (χ4n) is 1.94. The first-order chi connectivity index (χ1) is 10.6. The van der Waals surface area contributed by atoms with Crippen molar-refractivity contribution in [3.63, 3.8) is 0 Å². The van der Waals surface area contributed by atoms with E-state index in [1.54, 1.807) is 44.7 Å². The SMILES string of the molecule is COc1ccc(/C=C/C(=O)Nc2ccnc(C)c2)cc1OC. The van der Waals surface area contributed by atoms with E-state index < -0.39 is 0 Å². The van der Waals surface area contributed by atoms with Crippen LogP contribution in [0.5, 0.6) is 11.5 Å². The Bertz CT molecular complexity index is 696. The number of nitrogens with one attached hydrogen (secondary N) is 1. The standard InChI is InChI=1S/C17H18N2O3/c1-12-10-14(8-9-18-12)19-17(20)7-5-13-4-6-15(21-2)16(11-13)22-3/h4-11H,1-3H3,(H,18,19,20)/b7-5+. The van der Waals surface area contributed by atoms with E-state index >= 15 is 0 Å². The molecule has 2 aromatic rings. The second kappa shape index (κ2) is 7.26. The van der Waals surface area contributed by atoms with E-state index in [1.165, 1.54) is 6.08 Å². The molecule has 22 heavy (non-hydrogen) atoms. The highest BCUT2D eigenvalue weighted by Gasteiger charge is 2.03. The van der Waals surface area contributed by atoms with Crippen molar-refractivity contribution in [2.24, 2.45) is 0 Å². The summed E-state index contributed by atoms with van der Waals surface area (Å²) in [4.78, 5) is 16.0. The van der Waals surface area contributed by atoms with Crippen LogP contribution in [-0.2, 0) is 4.79 Å². The van der Waals surface area contributed by atoms with Crippen molar-refractivity contribution in [1.82, 2.24) is 4.98 Å². The highest BCUT2D eigenvalue weighted by Crippen LogP contribution is 2.27. The normalized spacial score (nSPS) is 10.5. The Morgan fingerprint density at radius 1 is 1.14 bits per heavy atom. The fraction of sp³-hybridized carbons (Fsp3) is 0.176. The van der Waals surface area contributed by atoms with Crippen molar-refractivity contribution in [2.45, 2.75) is 6.92 Å². The summed E-state index contributed by atoms with van der Waals surface area (Å²) in [7, 11) is 3.15. The Balaban J connectivity index is 2.06. The molecule has 0 atom stereocenters. The molecular weight excluding hydrogens is 280 g/mol. The minimum absolute atomic E-state index is 0.208. The maximum Gasteiger partial charge on any atom is 0.248 e. The van der Waals surface area contributed by atoms with Gasteiger partial charge in [-0.25, -0.2) is 0 Å². The molecule has 1 amide bonds. The zero-order valence-electron chi connectivity index (χ0n) is 12.8. The van der Waals surface area contributed by atoms with Gasteiger partial charge in [-0.3, -0.25) is 9.78 Å². The number of nitrogens with zero attached hydrogens (tertiary/aromatic N) is 1. The lowest BCUT2D eigenvalue weighted by Crippen LogP contribution is -2.07. The van der Waals surface area contributed by atoms with Gasteiger partial charge in [-0.2, -0.15) is 0 Å². The van der Waals surface area contributed by atoms with E-state index in [4.69, 9.17) is 9.47 Å². The average Bonchev–Trinajstić information content (AvgIpc) is 2.52. The van der Waals surface area contributed by atoms with Crippen LogP contribution in [0.25, 0.3) is 6.08 Å². The van der Waals surface area contributed by atoms with E-state index in [-0.39, 0.29) is 5.91 Å². The number of anilines is 1. The van der Waals surface area contributed by atoms with Crippen molar-refractivity contribution in [3.8, 4) is 11.5 Å². The van der Waals surface area contributed by atoms with Crippen molar-refractivity contribution in [1.29, 1.82) is 0 Å². The number of carbonyl (C=O) groups excluding carboxylic acids is 1. The number of hydrogen-bond acceptors (Lipinski definition) is 4. The van der Waals surface area contributed by atoms with Crippen molar-refractivity contribution in [2.75, 3.05) is 19.5 Å². The van der Waals surface area contributed by atoms with Crippen molar-refractivity contribution in [3.05, 3.63) is 53.9 Å². The minimum atomic E-state index is -0.208. The van der Waals surface area contributed by atoms with Crippen LogP contribution < -0.4 is 14.8 Å². The van der Waals surface area contributed by atoms with Gasteiger partial charge >= 0.3 is 0 Å². The maximum absolute atomic E-state index is 11.9. The fourth-order valence-corrected chi connectivity index (χ4v) is 1.94. The highest BCUT2D eigenvalue weighted by molar-refractivity contribution is 6.01. The molecule has 5 heteroatoms. The molecule has 1 N–H and O–H groups in total. The number of aromatic nitrogens is 1. The lowest BCUT2D eigenvalue weighted by molar-refractivity contribution is -0.111. The monoisotopic (exact) mass is 298 g/mol. The predicted molar refractivity (Wildman–Crippen MR) is 86.2 cm³/mol. The van der Waals surface area contributed by atoms with Gasteiger partial charge in [0.05, 0.1) is 14.2 Å². The van der Waals surface area contributed by atoms with Crippen molar-refractivity contribution >= 4 is 17.7 Å². The summed E-state index contributed by atoms with van der Waals surface area (Å²) >= 11 is 0. The van der Waals surface area contributed by atoms with Gasteiger partial charge in [0, 0.05) is 23.7 Å². The summed E-state index contributed by atoms with van der Waals surface area (Å²) < 4.78 is 10.4. The van der Waals surface area contributed by atoms with Crippen LogP contribution in [0, 0.1) is 6.92 Å². The molecule has 0 spiro atoms. The number of aryl methyl sites for hydroxylation is 1. The summed E-state index contributed by atoms with van der Waals surface area (Å²) in [6.45, 7) is 1.87. The first-order valence-corrected chi connectivity index (χ1v) is 6.76. The summed E-state index contributed by atoms with van der Waals surface area (Å²) in [6, 6.07) is 9.00. The summed E-state index contributed by atoms with van der Waals surface area (Å²) in [5, 5.41) is 2.78. The van der Waals surface area contributed by atoms with Crippen LogP contribution in [0.1, 0.15) is 11.3 Å². The van der Waals surface area contributed by atoms with Crippen LogP contribution in [0.3, 0.4) is 0 Å². The molecule has 0 fully saturated rings. The molecule has 1 heterocycles. The Kier molecular flexibility index (Phi) is 5.14. The first kappa shape index (κ1) is 15.6. The molecule has 0 aliphatic carbocycles. The van der Waals surface area contributed by atoms with E-state index in [0.717, 1.165) is 16.9 Å². The van der Waals surface area contributed by atoms with E-state index in [1.807, 2.05) is 19.1 Å². The molecule has 114 valence electrons. The van der Waals surface area contributed by atoms with Gasteiger partial charge < -0.3 is 14.8 Å². The van der Waals surface area contributed by atoms with Gasteiger partial charge in [0.2, 0.25) is 5.91 Å². The number of benzene rings is 1. The number of rotatable bonds is 5. The Morgan fingerprint density at radius 2 is 1.91 bits per heavy atom. The molecular formula is C17H18N2O3. The summed E-state index contributed by atoms with van der Waals surface area (Å²) in [5.74, 6) is 1.06. The molecule has 0 saturated carbocycles. The van der Waals surface area contributed by atoms with Gasteiger partial charge in [-0.15, -0.1) is 0 Å². The van der Waals surface area contributed by atoms with Gasteiger partial charge in [-0.1, -0.05) is 6.07 Å². The lowest BCUT2D eigenvalue weighted by Gasteiger charge is -2.07. The number of carbonyl (C=O) groups is 1. The molecule has 1 aromatic heterocycles. The number of ether oxygens (including phenoxy) is 2. The third-order valence-electron chi connectivity index (χ3n) is 3.00. The summed E-state index contributed by atoms with van der Waals surface area (Å²) in [6.07, 6.45) is 4.84. The molecule has 0 bridgehead atoms. The third-order valence-corrected chi connectivity index (χ3v) is 3.00. The molecule has 2 rings (SSSR count). The number of amides is 1. The van der Waals surface area contributed by atoms with Gasteiger partial charge in [0.1, 0.15) is 0 Å². The predicted octanol–water partition coefficient (Wildman–Crippen LogP) is 3.06. The zero-order chi connectivity index (χ0) is 15.9. The number of hydrogen-bond donors (Lipinski definition) is 1. The molecule has 0 saturated heterocycles. The molecule has 0 aliphatic rings. The van der Waals surface area contributed by atoms with Crippen LogP contribution in [0.2, 0.25) is 0 Å². The maximum atomic E-state index is 11.9. The summed E-state index contributed by atoms with van der Waals surface area (Å²) in [5.41, 5.74) is 2.41. The smallest absolute Gasteiger partial charge is 0.248 e. The third kappa shape index (κ3) is 4.09. The number of methoxy groups -OCH3 is 2. The Labute approximate surface area is 129 Å². The zero-order valence-corrected chi connectivity index (χ0v) is 12.8. The Morgan fingerprint density at radius 3 is 2.59 bits per heavy atom. The van der Waals surface area contributed by atoms with Crippen LogP contribution in [-0.4, -0.2) is 25.1 Å². The van der Waals surface area contributed by atoms with E-state index in [9.17, 15) is 4.79 Å². The van der Waals surface area contributed by atoms with Gasteiger partial charge in [0.25, 0.3) is 0 Å². The largest absolute Gasteiger partial charge is 0.493 e. The van der Waals surface area contributed by atoms with Crippen LogP contribution in [0.4, 0.5) is 5.69 Å². The minimum Gasteiger partial charge on any atom is -0.493 e. The molecule has 5 nitrogen and oxygen atoms in total. The van der Waals surface area contributed by atoms with Gasteiger partial charge in [-0.05, 0) is 42.8 Å². The molecule has 1 aromatic carbocycles. The van der Waals surface area contributed by atoms with Crippen LogP contribution >= 0.6 is 0 Å². The van der Waals surface area contributed by atoms with E-state index in [2.05, 4.69) is 10.3 Å². The second-order valence-electron chi connectivity index (χ2n) is 4.62. The van der Waals surface area contributed by atoms with Crippen molar-refractivity contribution < 1.29 is 14.3 Å². The molecule has 0 radical (unpaired) electrons. The topological polar surface area (TPSA) is 60.5 Å². The highest BCUT2D eigenvalue weighted by atomic mass is 16.5. The molecule has 0 unspecified atom stereocenters. The average molecular weight is 298 g/mol. The lowest BCUT2D eigenvalue weighted by atomic mass is 10.2. The number of pyridine rings is 1. The second-order valence-corrected chi connectivity index (χ2v) is 4.62.